The maximum Gasteiger partial charge on any atom is 0.204 e. The largest absolute Gasteiger partial charge is 0.290 e. The Morgan fingerprint density at radius 2 is 1.89 bits per heavy atom. The first-order valence-corrected chi connectivity index (χ1v) is 5.81. The summed E-state index contributed by atoms with van der Waals surface area (Å²) in [6.07, 6.45) is 2.38. The van der Waals surface area contributed by atoms with Crippen molar-refractivity contribution in [2.24, 2.45) is 0 Å². The Kier molecular flexibility index (Phi) is 3.76. The molecule has 18 heavy (non-hydrogen) atoms. The van der Waals surface area contributed by atoms with E-state index in [0.29, 0.717) is 0 Å². The van der Waals surface area contributed by atoms with Crippen LogP contribution < -0.4 is 0 Å². The number of aromatic nitrogens is 2. The third kappa shape index (κ3) is 2.59. The molecule has 0 fully saturated rings. The Hall–Kier alpha value is -1.69. The second kappa shape index (κ2) is 5.30. The van der Waals surface area contributed by atoms with E-state index in [0.717, 1.165) is 6.07 Å². The fraction of sp³-hybridized carbons (Fsp3) is 0.0833. The molecule has 0 radical (unpaired) electrons. The summed E-state index contributed by atoms with van der Waals surface area (Å²) < 4.78 is 27.2. The molecule has 1 aromatic carbocycles. The normalized spacial score (nSPS) is 10.4. The minimum Gasteiger partial charge on any atom is -0.290 e. The van der Waals surface area contributed by atoms with E-state index in [4.69, 9.17) is 0 Å². The van der Waals surface area contributed by atoms with Crippen LogP contribution in [0.5, 0.6) is 0 Å². The Morgan fingerprint density at radius 3 is 2.56 bits per heavy atom. The summed E-state index contributed by atoms with van der Waals surface area (Å²) in [7, 11) is 0. The topological polar surface area (TPSA) is 42.9 Å². The Morgan fingerprint density at radius 1 is 1.22 bits per heavy atom. The molecular formula is C12H7BrF2N2O. The van der Waals surface area contributed by atoms with E-state index in [2.05, 4.69) is 25.9 Å². The number of hydrogen-bond acceptors (Lipinski definition) is 3. The van der Waals surface area contributed by atoms with Gasteiger partial charge in [0.25, 0.3) is 0 Å². The lowest BCUT2D eigenvalue weighted by Crippen LogP contribution is -2.11. The van der Waals surface area contributed by atoms with Gasteiger partial charge in [0.1, 0.15) is 11.6 Å². The van der Waals surface area contributed by atoms with Crippen molar-refractivity contribution >= 4 is 21.7 Å². The van der Waals surface area contributed by atoms with Crippen molar-refractivity contribution in [2.45, 2.75) is 6.42 Å². The lowest BCUT2D eigenvalue weighted by molar-refractivity contribution is 0.0980. The molecule has 0 atom stereocenters. The van der Waals surface area contributed by atoms with Crippen LogP contribution in [0.1, 0.15) is 16.2 Å². The Bertz CT molecular complexity index is 590. The smallest absolute Gasteiger partial charge is 0.204 e. The SMILES string of the molecule is O=C(Cc1c(F)ccc(Br)c1F)c1ncccn1. The average molecular weight is 313 g/mol. The first-order chi connectivity index (χ1) is 8.59. The predicted molar refractivity (Wildman–Crippen MR) is 64.1 cm³/mol. The number of halogens is 3. The molecule has 0 bridgehead atoms. The van der Waals surface area contributed by atoms with Gasteiger partial charge in [-0.3, -0.25) is 4.79 Å². The number of hydrogen-bond donors (Lipinski definition) is 0. The van der Waals surface area contributed by atoms with Crippen LogP contribution in [0, 0.1) is 11.6 Å². The molecule has 1 heterocycles. The van der Waals surface area contributed by atoms with Gasteiger partial charge in [0.2, 0.25) is 5.78 Å². The lowest BCUT2D eigenvalue weighted by Gasteiger charge is -2.05. The molecule has 0 N–H and O–H groups in total. The summed E-state index contributed by atoms with van der Waals surface area (Å²) in [4.78, 5) is 19.2. The van der Waals surface area contributed by atoms with Crippen molar-refractivity contribution < 1.29 is 13.6 Å². The quantitative estimate of drug-likeness (QED) is 0.646. The Labute approximate surface area is 110 Å². The maximum atomic E-state index is 13.7. The van der Waals surface area contributed by atoms with Crippen molar-refractivity contribution in [3.05, 3.63) is 58.1 Å². The van der Waals surface area contributed by atoms with Gasteiger partial charge in [-0.25, -0.2) is 18.7 Å². The molecular weight excluding hydrogens is 306 g/mol. The minimum absolute atomic E-state index is 0.0590. The first kappa shape index (κ1) is 12.8. The van der Waals surface area contributed by atoms with E-state index >= 15 is 0 Å². The van der Waals surface area contributed by atoms with E-state index < -0.39 is 23.8 Å². The molecule has 0 saturated heterocycles. The van der Waals surface area contributed by atoms with Crippen LogP contribution in [0.2, 0.25) is 0 Å². The van der Waals surface area contributed by atoms with E-state index in [1.807, 2.05) is 0 Å². The molecule has 0 saturated carbocycles. The van der Waals surface area contributed by atoms with Gasteiger partial charge in [-0.1, -0.05) is 0 Å². The maximum absolute atomic E-state index is 13.7. The first-order valence-electron chi connectivity index (χ1n) is 5.02. The van der Waals surface area contributed by atoms with Crippen molar-refractivity contribution in [1.82, 2.24) is 9.97 Å². The number of carbonyl (C=O) groups excluding carboxylic acids is 1. The highest BCUT2D eigenvalue weighted by atomic mass is 79.9. The van der Waals surface area contributed by atoms with Gasteiger partial charge in [0.05, 0.1) is 4.47 Å². The highest BCUT2D eigenvalue weighted by Gasteiger charge is 2.18. The molecule has 0 unspecified atom stereocenters. The van der Waals surface area contributed by atoms with E-state index in [1.165, 1.54) is 18.5 Å². The fourth-order valence-electron chi connectivity index (χ4n) is 1.41. The van der Waals surface area contributed by atoms with Crippen LogP contribution >= 0.6 is 15.9 Å². The standard InChI is InChI=1S/C12H7BrF2N2O/c13-8-2-3-9(14)7(11(8)15)6-10(18)12-16-4-1-5-17-12/h1-5H,6H2. The average Bonchev–Trinajstić information content (AvgIpc) is 2.40. The molecule has 2 rings (SSSR count). The highest BCUT2D eigenvalue weighted by molar-refractivity contribution is 9.10. The van der Waals surface area contributed by atoms with Gasteiger partial charge in [-0.05, 0) is 34.1 Å². The molecule has 0 spiro atoms. The summed E-state index contributed by atoms with van der Waals surface area (Å²) in [5.74, 6) is -2.14. The summed E-state index contributed by atoms with van der Waals surface area (Å²) >= 11 is 2.94. The molecule has 0 aliphatic carbocycles. The summed E-state index contributed by atoms with van der Waals surface area (Å²) in [5, 5.41) is 0. The van der Waals surface area contributed by atoms with Crippen LogP contribution in [-0.2, 0) is 6.42 Å². The van der Waals surface area contributed by atoms with Gasteiger partial charge in [0.15, 0.2) is 5.82 Å². The van der Waals surface area contributed by atoms with Gasteiger partial charge in [0, 0.05) is 24.4 Å². The van der Waals surface area contributed by atoms with Crippen LogP contribution in [0.15, 0.2) is 35.1 Å². The zero-order valence-electron chi connectivity index (χ0n) is 9.03. The number of carbonyl (C=O) groups is 1. The van der Waals surface area contributed by atoms with E-state index in [9.17, 15) is 13.6 Å². The van der Waals surface area contributed by atoms with Gasteiger partial charge < -0.3 is 0 Å². The molecule has 2 aromatic rings. The highest BCUT2D eigenvalue weighted by Crippen LogP contribution is 2.22. The van der Waals surface area contributed by atoms with Crippen molar-refractivity contribution in [3.8, 4) is 0 Å². The fourth-order valence-corrected chi connectivity index (χ4v) is 1.79. The molecule has 0 aliphatic rings. The lowest BCUT2D eigenvalue weighted by atomic mass is 10.1. The molecule has 1 aromatic heterocycles. The van der Waals surface area contributed by atoms with E-state index in [1.54, 1.807) is 6.07 Å². The monoisotopic (exact) mass is 312 g/mol. The minimum atomic E-state index is -0.778. The predicted octanol–water partition coefficient (Wildman–Crippen LogP) is 2.94. The van der Waals surface area contributed by atoms with Crippen LogP contribution in [0.4, 0.5) is 8.78 Å². The number of benzene rings is 1. The summed E-state index contributed by atoms with van der Waals surface area (Å²) in [6, 6.07) is 3.90. The van der Waals surface area contributed by atoms with Gasteiger partial charge >= 0.3 is 0 Å². The van der Waals surface area contributed by atoms with Crippen molar-refractivity contribution in [3.63, 3.8) is 0 Å². The number of nitrogens with zero attached hydrogens (tertiary/aromatic N) is 2. The summed E-state index contributed by atoms with van der Waals surface area (Å²) in [5.41, 5.74) is -0.290. The third-order valence-electron chi connectivity index (χ3n) is 2.29. The third-order valence-corrected chi connectivity index (χ3v) is 2.90. The van der Waals surface area contributed by atoms with Crippen LogP contribution in [0.25, 0.3) is 0 Å². The second-order valence-corrected chi connectivity index (χ2v) is 4.35. The molecule has 92 valence electrons. The van der Waals surface area contributed by atoms with Gasteiger partial charge in [-0.2, -0.15) is 0 Å². The Balaban J connectivity index is 2.30. The van der Waals surface area contributed by atoms with Gasteiger partial charge in [-0.15, -0.1) is 0 Å². The molecule has 6 heteroatoms. The number of Topliss-reactive ketones (excluding diaryl/α,β-unsaturated/α-hetero) is 1. The molecule has 3 nitrogen and oxygen atoms in total. The zero-order valence-corrected chi connectivity index (χ0v) is 10.6. The molecule has 0 amide bonds. The molecule has 0 aliphatic heterocycles. The number of rotatable bonds is 3. The summed E-state index contributed by atoms with van der Waals surface area (Å²) in [6.45, 7) is 0. The van der Waals surface area contributed by atoms with E-state index in [-0.39, 0.29) is 15.9 Å². The van der Waals surface area contributed by atoms with Crippen molar-refractivity contribution in [1.29, 1.82) is 0 Å². The van der Waals surface area contributed by atoms with Crippen molar-refractivity contribution in [2.75, 3.05) is 0 Å². The number of ketones is 1. The van der Waals surface area contributed by atoms with Crippen LogP contribution in [-0.4, -0.2) is 15.8 Å². The second-order valence-electron chi connectivity index (χ2n) is 3.49. The zero-order chi connectivity index (χ0) is 13.1. The van der Waals surface area contributed by atoms with Crippen LogP contribution in [0.3, 0.4) is 0 Å².